The Bertz CT molecular complexity index is 1360. The highest BCUT2D eigenvalue weighted by Crippen LogP contribution is 2.37. The normalized spacial score (nSPS) is 12.7. The summed E-state index contributed by atoms with van der Waals surface area (Å²) < 4.78 is 11.3. The zero-order valence-electron chi connectivity index (χ0n) is 17.5. The molecule has 0 atom stereocenters. The molecule has 0 bridgehead atoms. The molecule has 0 fully saturated rings. The molecule has 162 valence electrons. The molecule has 1 N–H and O–H groups in total. The van der Waals surface area contributed by atoms with Crippen LogP contribution in [0.4, 0.5) is 0 Å². The fourth-order valence-corrected chi connectivity index (χ4v) is 4.65. The van der Waals surface area contributed by atoms with Crippen LogP contribution in [0.25, 0.3) is 21.3 Å². The van der Waals surface area contributed by atoms with E-state index in [1.165, 1.54) is 11.3 Å². The second kappa shape index (κ2) is 8.47. The molecular weight excluding hydrogens is 426 g/mol. The van der Waals surface area contributed by atoms with Crippen molar-refractivity contribution >= 4 is 28.1 Å². The largest absolute Gasteiger partial charge is 0.486 e. The predicted octanol–water partition coefficient (Wildman–Crippen LogP) is 4.09. The van der Waals surface area contributed by atoms with Gasteiger partial charge in [-0.3, -0.25) is 9.59 Å². The minimum atomic E-state index is -0.203. The van der Waals surface area contributed by atoms with Crippen molar-refractivity contribution in [3.05, 3.63) is 75.7 Å². The summed E-state index contributed by atoms with van der Waals surface area (Å²) in [6.45, 7) is 3.71. The molecule has 0 saturated carbocycles. The maximum atomic E-state index is 13.2. The summed E-state index contributed by atoms with van der Waals surface area (Å²) in [6.07, 6.45) is 0. The van der Waals surface area contributed by atoms with Crippen molar-refractivity contribution in [2.45, 2.75) is 13.5 Å². The fourth-order valence-electron chi connectivity index (χ4n) is 3.68. The Labute approximate surface area is 188 Å². The molecule has 2 aromatic heterocycles. The number of rotatable bonds is 5. The van der Waals surface area contributed by atoms with Crippen molar-refractivity contribution in [3.63, 3.8) is 0 Å². The first-order valence-corrected chi connectivity index (χ1v) is 11.2. The molecule has 3 heterocycles. The number of benzene rings is 2. The van der Waals surface area contributed by atoms with Gasteiger partial charge in [0.1, 0.15) is 19.0 Å². The van der Waals surface area contributed by atoms with E-state index in [0.717, 1.165) is 21.9 Å². The van der Waals surface area contributed by atoms with Crippen LogP contribution in [0.15, 0.2) is 59.4 Å². The highest BCUT2D eigenvalue weighted by Gasteiger charge is 2.19. The average Bonchev–Trinajstić information content (AvgIpc) is 3.32. The Morgan fingerprint density at radius 3 is 2.75 bits per heavy atom. The number of nitrogens with one attached hydrogen (secondary N) is 1. The van der Waals surface area contributed by atoms with Crippen molar-refractivity contribution in [1.29, 1.82) is 0 Å². The van der Waals surface area contributed by atoms with Crippen molar-refractivity contribution in [2.75, 3.05) is 19.8 Å². The van der Waals surface area contributed by atoms with E-state index in [1.54, 1.807) is 23.1 Å². The lowest BCUT2D eigenvalue weighted by molar-refractivity contribution is 0.0753. The maximum absolute atomic E-state index is 13.2. The Hall–Kier alpha value is -3.65. The summed E-state index contributed by atoms with van der Waals surface area (Å²) in [4.78, 5) is 36.1. The first kappa shape index (κ1) is 20.3. The minimum Gasteiger partial charge on any atom is -0.486 e. The van der Waals surface area contributed by atoms with Crippen LogP contribution in [-0.4, -0.2) is 40.5 Å². The molecule has 4 aromatic rings. The van der Waals surface area contributed by atoms with Gasteiger partial charge in [0.2, 0.25) is 0 Å². The second-order valence-corrected chi connectivity index (χ2v) is 8.46. The fraction of sp³-hybridized carbons (Fsp3) is 0.208. The monoisotopic (exact) mass is 447 g/mol. The van der Waals surface area contributed by atoms with Gasteiger partial charge in [0.25, 0.3) is 11.5 Å². The highest BCUT2D eigenvalue weighted by molar-refractivity contribution is 7.17. The molecule has 5 rings (SSSR count). The van der Waals surface area contributed by atoms with Crippen molar-refractivity contribution in [1.82, 2.24) is 14.9 Å². The zero-order valence-corrected chi connectivity index (χ0v) is 18.3. The maximum Gasteiger partial charge on any atom is 0.264 e. The number of hydrogen-bond donors (Lipinski definition) is 1. The standard InChI is InChI=1S/C24H21N3O4S/c1-2-27(14-22-25-17-6-4-3-5-16(17)23(28)26-22)24(29)21-10-9-20(32-21)15-7-8-18-19(13-15)31-12-11-30-18/h3-10,13H,2,11-12,14H2,1H3,(H,25,26,28). The van der Waals surface area contributed by atoms with Crippen LogP contribution < -0.4 is 15.0 Å². The van der Waals surface area contributed by atoms with Crippen LogP contribution in [-0.2, 0) is 6.54 Å². The molecule has 0 saturated heterocycles. The SMILES string of the molecule is CCN(Cc1nc2ccccc2c(=O)[nH]1)C(=O)c1ccc(-c2ccc3c(c2)OCCO3)s1. The van der Waals surface area contributed by atoms with Gasteiger partial charge in [-0.15, -0.1) is 11.3 Å². The van der Waals surface area contributed by atoms with Crippen LogP contribution in [0.2, 0.25) is 0 Å². The minimum absolute atomic E-state index is 0.0999. The Kier molecular flexibility index (Phi) is 5.36. The molecule has 1 aliphatic heterocycles. The van der Waals surface area contributed by atoms with Crippen molar-refractivity contribution in [2.24, 2.45) is 0 Å². The summed E-state index contributed by atoms with van der Waals surface area (Å²) in [5, 5.41) is 0.535. The molecule has 0 radical (unpaired) electrons. The third kappa shape index (κ3) is 3.85. The number of fused-ring (bicyclic) bond motifs is 2. The van der Waals surface area contributed by atoms with Crippen LogP contribution in [0.1, 0.15) is 22.4 Å². The van der Waals surface area contributed by atoms with Gasteiger partial charge in [-0.25, -0.2) is 4.98 Å². The lowest BCUT2D eigenvalue weighted by Crippen LogP contribution is -2.31. The lowest BCUT2D eigenvalue weighted by atomic mass is 10.1. The van der Waals surface area contributed by atoms with E-state index >= 15 is 0 Å². The van der Waals surface area contributed by atoms with E-state index in [-0.39, 0.29) is 18.0 Å². The third-order valence-electron chi connectivity index (χ3n) is 5.31. The van der Waals surface area contributed by atoms with E-state index < -0.39 is 0 Å². The highest BCUT2D eigenvalue weighted by atomic mass is 32.1. The third-order valence-corrected chi connectivity index (χ3v) is 6.44. The van der Waals surface area contributed by atoms with Gasteiger partial charge in [-0.1, -0.05) is 12.1 Å². The average molecular weight is 448 g/mol. The topological polar surface area (TPSA) is 84.5 Å². The van der Waals surface area contributed by atoms with Gasteiger partial charge in [0.15, 0.2) is 11.5 Å². The molecule has 1 aliphatic rings. The van der Waals surface area contributed by atoms with E-state index in [0.29, 0.717) is 41.4 Å². The Morgan fingerprint density at radius 1 is 1.09 bits per heavy atom. The quantitative estimate of drug-likeness (QED) is 0.498. The smallest absolute Gasteiger partial charge is 0.264 e. The second-order valence-electron chi connectivity index (χ2n) is 7.37. The number of carbonyl (C=O) groups is 1. The molecule has 0 aliphatic carbocycles. The van der Waals surface area contributed by atoms with E-state index in [2.05, 4.69) is 9.97 Å². The predicted molar refractivity (Wildman–Crippen MR) is 124 cm³/mol. The summed E-state index contributed by atoms with van der Waals surface area (Å²) >= 11 is 1.42. The number of nitrogens with zero attached hydrogens (tertiary/aromatic N) is 2. The number of ether oxygens (including phenoxy) is 2. The summed E-state index contributed by atoms with van der Waals surface area (Å²) in [6, 6.07) is 16.7. The Balaban J connectivity index is 1.38. The number of thiophene rings is 1. The number of aromatic amines is 1. The molecule has 8 heteroatoms. The van der Waals surface area contributed by atoms with Gasteiger partial charge in [0, 0.05) is 11.4 Å². The number of para-hydroxylation sites is 1. The number of aromatic nitrogens is 2. The summed E-state index contributed by atoms with van der Waals surface area (Å²) in [5.41, 5.74) is 1.39. The first-order chi connectivity index (χ1) is 15.6. The summed E-state index contributed by atoms with van der Waals surface area (Å²) in [5.74, 6) is 1.82. The van der Waals surface area contributed by atoms with Gasteiger partial charge < -0.3 is 19.4 Å². The van der Waals surface area contributed by atoms with E-state index in [9.17, 15) is 9.59 Å². The van der Waals surface area contributed by atoms with Gasteiger partial charge in [-0.05, 0) is 55.0 Å². The lowest BCUT2D eigenvalue weighted by Gasteiger charge is -2.19. The number of carbonyl (C=O) groups excluding carboxylic acids is 1. The molecule has 2 aromatic carbocycles. The molecule has 32 heavy (non-hydrogen) atoms. The van der Waals surface area contributed by atoms with Gasteiger partial charge >= 0.3 is 0 Å². The van der Waals surface area contributed by atoms with Crippen LogP contribution >= 0.6 is 11.3 Å². The number of amides is 1. The summed E-state index contributed by atoms with van der Waals surface area (Å²) in [7, 11) is 0. The van der Waals surface area contributed by atoms with Gasteiger partial charge in [-0.2, -0.15) is 0 Å². The molecule has 0 unspecified atom stereocenters. The van der Waals surface area contributed by atoms with E-state index in [1.807, 2.05) is 43.3 Å². The molecule has 0 spiro atoms. The van der Waals surface area contributed by atoms with Crippen molar-refractivity contribution < 1.29 is 14.3 Å². The first-order valence-electron chi connectivity index (χ1n) is 10.4. The van der Waals surface area contributed by atoms with Crippen LogP contribution in [0.5, 0.6) is 11.5 Å². The molecule has 1 amide bonds. The Morgan fingerprint density at radius 2 is 1.91 bits per heavy atom. The van der Waals surface area contributed by atoms with Gasteiger partial charge in [0.05, 0.1) is 22.3 Å². The van der Waals surface area contributed by atoms with E-state index in [4.69, 9.17) is 9.47 Å². The number of H-pyrrole nitrogens is 1. The zero-order chi connectivity index (χ0) is 22.1. The van der Waals surface area contributed by atoms with Crippen LogP contribution in [0, 0.1) is 0 Å². The molecule has 7 nitrogen and oxygen atoms in total. The molecular formula is C24H21N3O4S. The van der Waals surface area contributed by atoms with Crippen LogP contribution in [0.3, 0.4) is 0 Å². The van der Waals surface area contributed by atoms with Crippen molar-refractivity contribution in [3.8, 4) is 21.9 Å². The number of hydrogen-bond acceptors (Lipinski definition) is 6.